The van der Waals surface area contributed by atoms with Crippen LogP contribution >= 0.6 is 0 Å². The zero-order valence-corrected chi connectivity index (χ0v) is 14.9. The molecule has 1 fully saturated rings. The van der Waals surface area contributed by atoms with Crippen molar-refractivity contribution in [1.82, 2.24) is 24.9 Å². The summed E-state index contributed by atoms with van der Waals surface area (Å²) in [5.74, 6) is 0.0417. The van der Waals surface area contributed by atoms with Gasteiger partial charge in [-0.05, 0) is 24.5 Å². The molecule has 7 heteroatoms. The van der Waals surface area contributed by atoms with Gasteiger partial charge >= 0.3 is 6.03 Å². The predicted molar refractivity (Wildman–Crippen MR) is 98.5 cm³/mol. The van der Waals surface area contributed by atoms with E-state index in [2.05, 4.69) is 22.5 Å². The van der Waals surface area contributed by atoms with Crippen molar-refractivity contribution in [3.63, 3.8) is 0 Å². The largest absolute Gasteiger partial charge is 0.339 e. The standard InChI is InChI=1S/C19H25N5O2/c25-18(16-24-13-4-9-21-24)22-11-5-12-23(15-14-22)19(26)20-10-8-17-6-2-1-3-7-17/h1-4,6-7,9,13H,5,8,10-12,14-16H2,(H,20,26). The van der Waals surface area contributed by atoms with Crippen LogP contribution in [0.15, 0.2) is 48.8 Å². The van der Waals surface area contributed by atoms with Crippen molar-refractivity contribution in [3.05, 3.63) is 54.4 Å². The maximum atomic E-state index is 12.4. The third kappa shape index (κ3) is 5.08. The van der Waals surface area contributed by atoms with E-state index < -0.39 is 0 Å². The highest BCUT2D eigenvalue weighted by molar-refractivity contribution is 5.76. The van der Waals surface area contributed by atoms with Gasteiger partial charge in [0.25, 0.3) is 0 Å². The SMILES string of the molecule is O=C(Cn1cccn1)N1CCCN(C(=O)NCCc2ccccc2)CC1. The molecule has 138 valence electrons. The highest BCUT2D eigenvalue weighted by Crippen LogP contribution is 2.05. The molecule has 1 N–H and O–H groups in total. The van der Waals surface area contributed by atoms with Gasteiger partial charge < -0.3 is 15.1 Å². The van der Waals surface area contributed by atoms with Crippen molar-refractivity contribution >= 4 is 11.9 Å². The number of hydrogen-bond donors (Lipinski definition) is 1. The number of rotatable bonds is 5. The molecule has 1 aliphatic rings. The number of carbonyl (C=O) groups excluding carboxylic acids is 2. The van der Waals surface area contributed by atoms with Gasteiger partial charge in [0.15, 0.2) is 0 Å². The van der Waals surface area contributed by atoms with Crippen LogP contribution in [-0.2, 0) is 17.8 Å². The monoisotopic (exact) mass is 355 g/mol. The van der Waals surface area contributed by atoms with Crippen LogP contribution in [0, 0.1) is 0 Å². The molecule has 0 radical (unpaired) electrons. The molecule has 2 heterocycles. The molecular weight excluding hydrogens is 330 g/mol. The molecule has 2 aromatic rings. The summed E-state index contributed by atoms with van der Waals surface area (Å²) in [6.45, 7) is 3.32. The molecule has 1 saturated heterocycles. The second kappa shape index (κ2) is 9.03. The summed E-state index contributed by atoms with van der Waals surface area (Å²) in [6, 6.07) is 11.8. The molecule has 7 nitrogen and oxygen atoms in total. The molecule has 0 spiro atoms. The Morgan fingerprint density at radius 1 is 1.00 bits per heavy atom. The number of amides is 3. The zero-order valence-electron chi connectivity index (χ0n) is 14.9. The summed E-state index contributed by atoms with van der Waals surface area (Å²) in [5.41, 5.74) is 1.21. The minimum absolute atomic E-state index is 0.0417. The third-order valence-electron chi connectivity index (χ3n) is 4.52. The Morgan fingerprint density at radius 2 is 1.77 bits per heavy atom. The summed E-state index contributed by atoms with van der Waals surface area (Å²) in [5, 5.41) is 7.05. The van der Waals surface area contributed by atoms with Crippen molar-refractivity contribution in [2.24, 2.45) is 0 Å². The first-order valence-corrected chi connectivity index (χ1v) is 9.04. The fourth-order valence-corrected chi connectivity index (χ4v) is 3.07. The van der Waals surface area contributed by atoms with Crippen LogP contribution in [-0.4, -0.2) is 64.2 Å². The number of nitrogens with one attached hydrogen (secondary N) is 1. The Morgan fingerprint density at radius 3 is 2.54 bits per heavy atom. The van der Waals surface area contributed by atoms with Gasteiger partial charge in [-0.3, -0.25) is 9.48 Å². The van der Waals surface area contributed by atoms with Gasteiger partial charge in [-0.2, -0.15) is 5.10 Å². The smallest absolute Gasteiger partial charge is 0.317 e. The number of carbonyl (C=O) groups is 2. The van der Waals surface area contributed by atoms with E-state index in [0.717, 1.165) is 12.8 Å². The first-order chi connectivity index (χ1) is 12.7. The van der Waals surface area contributed by atoms with Gasteiger partial charge in [-0.25, -0.2) is 4.79 Å². The second-order valence-corrected chi connectivity index (χ2v) is 6.39. The molecule has 1 aliphatic heterocycles. The average Bonchev–Trinajstić information content (AvgIpc) is 3.03. The lowest BCUT2D eigenvalue weighted by molar-refractivity contribution is -0.131. The lowest BCUT2D eigenvalue weighted by Crippen LogP contribution is -2.43. The second-order valence-electron chi connectivity index (χ2n) is 6.39. The van der Waals surface area contributed by atoms with E-state index in [0.29, 0.717) is 32.7 Å². The summed E-state index contributed by atoms with van der Waals surface area (Å²) < 4.78 is 1.63. The van der Waals surface area contributed by atoms with Crippen molar-refractivity contribution in [2.45, 2.75) is 19.4 Å². The molecular formula is C19H25N5O2. The Labute approximate surface area is 153 Å². The number of urea groups is 1. The van der Waals surface area contributed by atoms with Crippen LogP contribution in [0.4, 0.5) is 4.79 Å². The average molecular weight is 355 g/mol. The van der Waals surface area contributed by atoms with E-state index in [1.54, 1.807) is 28.0 Å². The molecule has 1 aromatic heterocycles. The Bertz CT molecular complexity index is 702. The minimum atomic E-state index is -0.0534. The fourth-order valence-electron chi connectivity index (χ4n) is 3.07. The van der Waals surface area contributed by atoms with Crippen molar-refractivity contribution in [2.75, 3.05) is 32.7 Å². The molecule has 1 aromatic carbocycles. The maximum Gasteiger partial charge on any atom is 0.317 e. The maximum absolute atomic E-state index is 12.4. The zero-order chi connectivity index (χ0) is 18.2. The van der Waals surface area contributed by atoms with E-state index in [-0.39, 0.29) is 18.5 Å². The van der Waals surface area contributed by atoms with Crippen LogP contribution in [0.3, 0.4) is 0 Å². The molecule has 3 amide bonds. The predicted octanol–water partition coefficient (Wildman–Crippen LogP) is 1.37. The lowest BCUT2D eigenvalue weighted by Gasteiger charge is -2.22. The summed E-state index contributed by atoms with van der Waals surface area (Å²) in [7, 11) is 0. The molecule has 0 bridgehead atoms. The highest BCUT2D eigenvalue weighted by atomic mass is 16.2. The molecule has 3 rings (SSSR count). The quantitative estimate of drug-likeness (QED) is 0.881. The van der Waals surface area contributed by atoms with Crippen LogP contribution in [0.5, 0.6) is 0 Å². The summed E-state index contributed by atoms with van der Waals surface area (Å²) >= 11 is 0. The first-order valence-electron chi connectivity index (χ1n) is 9.04. The summed E-state index contributed by atoms with van der Waals surface area (Å²) in [4.78, 5) is 28.4. The summed E-state index contributed by atoms with van der Waals surface area (Å²) in [6.07, 6.45) is 5.05. The lowest BCUT2D eigenvalue weighted by atomic mass is 10.1. The van der Waals surface area contributed by atoms with Gasteiger partial charge in [0.2, 0.25) is 5.91 Å². The van der Waals surface area contributed by atoms with E-state index in [9.17, 15) is 9.59 Å². The van der Waals surface area contributed by atoms with Gasteiger partial charge in [0.05, 0.1) is 0 Å². The first kappa shape index (κ1) is 18.0. The minimum Gasteiger partial charge on any atom is -0.339 e. The number of hydrogen-bond acceptors (Lipinski definition) is 3. The van der Waals surface area contributed by atoms with Crippen molar-refractivity contribution in [1.29, 1.82) is 0 Å². The molecule has 0 unspecified atom stereocenters. The van der Waals surface area contributed by atoms with E-state index in [1.807, 2.05) is 23.1 Å². The van der Waals surface area contributed by atoms with Gasteiger partial charge in [0, 0.05) is 45.1 Å². The van der Waals surface area contributed by atoms with E-state index >= 15 is 0 Å². The van der Waals surface area contributed by atoms with Gasteiger partial charge in [0.1, 0.15) is 6.54 Å². The number of nitrogens with zero attached hydrogens (tertiary/aromatic N) is 4. The van der Waals surface area contributed by atoms with Crippen LogP contribution in [0.2, 0.25) is 0 Å². The number of aromatic nitrogens is 2. The molecule has 26 heavy (non-hydrogen) atoms. The normalized spacial score (nSPS) is 14.8. The van der Waals surface area contributed by atoms with Crippen LogP contribution < -0.4 is 5.32 Å². The molecule has 0 atom stereocenters. The molecule has 0 saturated carbocycles. The fraction of sp³-hybridized carbons (Fsp3) is 0.421. The number of benzene rings is 1. The Balaban J connectivity index is 1.42. The van der Waals surface area contributed by atoms with E-state index in [1.165, 1.54) is 5.56 Å². The van der Waals surface area contributed by atoms with Gasteiger partial charge in [-0.1, -0.05) is 30.3 Å². The Hall–Kier alpha value is -2.83. The van der Waals surface area contributed by atoms with Crippen LogP contribution in [0.25, 0.3) is 0 Å². The Kier molecular flexibility index (Phi) is 6.24. The molecule has 0 aliphatic carbocycles. The third-order valence-corrected chi connectivity index (χ3v) is 4.52. The topological polar surface area (TPSA) is 70.5 Å². The van der Waals surface area contributed by atoms with Crippen molar-refractivity contribution < 1.29 is 9.59 Å². The highest BCUT2D eigenvalue weighted by Gasteiger charge is 2.22. The van der Waals surface area contributed by atoms with Crippen molar-refractivity contribution in [3.8, 4) is 0 Å². The van der Waals surface area contributed by atoms with Crippen LogP contribution in [0.1, 0.15) is 12.0 Å². The van der Waals surface area contributed by atoms with Gasteiger partial charge in [-0.15, -0.1) is 0 Å². The van der Waals surface area contributed by atoms with E-state index in [4.69, 9.17) is 0 Å².